The highest BCUT2D eigenvalue weighted by Gasteiger charge is 2.19. The maximum absolute atomic E-state index is 12.9. The van der Waals surface area contributed by atoms with Crippen LogP contribution in [0.5, 0.6) is 0 Å². The van der Waals surface area contributed by atoms with Crippen LogP contribution >= 0.6 is 0 Å². The third-order valence-corrected chi connectivity index (χ3v) is 1.50. The van der Waals surface area contributed by atoms with E-state index in [2.05, 4.69) is 4.98 Å². The van der Waals surface area contributed by atoms with Crippen molar-refractivity contribution in [3.8, 4) is 0 Å². The molecule has 0 aromatic carbocycles. The van der Waals surface area contributed by atoms with E-state index in [0.29, 0.717) is 6.07 Å². The summed E-state index contributed by atoms with van der Waals surface area (Å²) in [6.45, 7) is 0. The van der Waals surface area contributed by atoms with Gasteiger partial charge in [0.15, 0.2) is 0 Å². The fourth-order valence-electron chi connectivity index (χ4n) is 0.908. The number of nitrogens with two attached hydrogens (primary N) is 2. The first-order valence-corrected chi connectivity index (χ1v) is 3.47. The molecule has 0 spiro atoms. The zero-order valence-electron chi connectivity index (χ0n) is 6.80. The highest BCUT2D eigenvalue weighted by Crippen LogP contribution is 2.22. The Labute approximate surface area is 76.7 Å². The average molecular weight is 205 g/mol. The second kappa shape index (κ2) is 3.52. The summed E-state index contributed by atoms with van der Waals surface area (Å²) in [6, 6.07) is 0.716. The molecule has 0 aliphatic rings. The van der Waals surface area contributed by atoms with Crippen molar-refractivity contribution in [3.63, 3.8) is 0 Å². The van der Waals surface area contributed by atoms with Crippen molar-refractivity contribution in [1.29, 1.82) is 0 Å². The number of anilines is 1. The fourth-order valence-corrected chi connectivity index (χ4v) is 0.908. The molecule has 1 rings (SSSR count). The Kier molecular flexibility index (Phi) is 2.59. The smallest absolute Gasteiger partial charge is 0.280 e. The van der Waals surface area contributed by atoms with Crippen molar-refractivity contribution in [2.24, 2.45) is 5.73 Å². The Morgan fingerprint density at radius 1 is 1.50 bits per heavy atom. The third-order valence-electron chi connectivity index (χ3n) is 1.50. The first-order valence-electron chi connectivity index (χ1n) is 3.47. The van der Waals surface area contributed by atoms with Crippen LogP contribution in [0, 0.1) is 5.95 Å². The number of amides is 1. The summed E-state index contributed by atoms with van der Waals surface area (Å²) < 4.78 is 37.0. The summed E-state index contributed by atoms with van der Waals surface area (Å²) in [4.78, 5) is 13.5. The lowest BCUT2D eigenvalue weighted by Crippen LogP contribution is -2.17. The summed E-state index contributed by atoms with van der Waals surface area (Å²) in [5, 5.41) is 0. The molecular formula is C7H6F3N3O. The van der Waals surface area contributed by atoms with Gasteiger partial charge in [0.25, 0.3) is 12.3 Å². The lowest BCUT2D eigenvalue weighted by atomic mass is 10.2. The molecule has 0 aliphatic carbocycles. The standard InChI is InChI=1S/C7H6F3N3O/c8-5(9)3-1-2(11)4(7(12)14)6(10)13-3/h1,5H,(H2,11,13)(H2,12,14). The van der Waals surface area contributed by atoms with Gasteiger partial charge in [-0.25, -0.2) is 13.8 Å². The Morgan fingerprint density at radius 3 is 2.43 bits per heavy atom. The number of nitrogens with zero attached hydrogens (tertiary/aromatic N) is 1. The second-order valence-corrected chi connectivity index (χ2v) is 2.47. The lowest BCUT2D eigenvalue weighted by Gasteiger charge is -2.05. The highest BCUT2D eigenvalue weighted by molar-refractivity contribution is 5.97. The molecule has 1 amide bonds. The van der Waals surface area contributed by atoms with Crippen LogP contribution in [-0.4, -0.2) is 10.9 Å². The van der Waals surface area contributed by atoms with Crippen LogP contribution in [0.4, 0.5) is 18.9 Å². The van der Waals surface area contributed by atoms with Crippen molar-refractivity contribution in [1.82, 2.24) is 4.98 Å². The van der Waals surface area contributed by atoms with E-state index in [4.69, 9.17) is 11.5 Å². The number of hydrogen-bond donors (Lipinski definition) is 2. The molecule has 0 unspecified atom stereocenters. The quantitative estimate of drug-likeness (QED) is 0.702. The van der Waals surface area contributed by atoms with Crippen molar-refractivity contribution >= 4 is 11.6 Å². The largest absolute Gasteiger partial charge is 0.398 e. The van der Waals surface area contributed by atoms with Crippen LogP contribution in [0.15, 0.2) is 6.07 Å². The topological polar surface area (TPSA) is 82.0 Å². The number of carbonyl (C=O) groups excluding carboxylic acids is 1. The Morgan fingerprint density at radius 2 is 2.07 bits per heavy atom. The van der Waals surface area contributed by atoms with Gasteiger partial charge in [-0.3, -0.25) is 4.79 Å². The molecule has 7 heteroatoms. The van der Waals surface area contributed by atoms with E-state index >= 15 is 0 Å². The molecule has 0 atom stereocenters. The van der Waals surface area contributed by atoms with E-state index in [0.717, 1.165) is 0 Å². The first-order chi connectivity index (χ1) is 6.43. The SMILES string of the molecule is NC(=O)c1c(N)cc(C(F)F)nc1F. The van der Waals surface area contributed by atoms with Crippen molar-refractivity contribution < 1.29 is 18.0 Å². The fraction of sp³-hybridized carbons (Fsp3) is 0.143. The zero-order chi connectivity index (χ0) is 10.9. The van der Waals surface area contributed by atoms with E-state index in [1.54, 1.807) is 0 Å². The van der Waals surface area contributed by atoms with Crippen LogP contribution in [0.1, 0.15) is 22.5 Å². The van der Waals surface area contributed by atoms with Crippen LogP contribution in [0.3, 0.4) is 0 Å². The summed E-state index contributed by atoms with van der Waals surface area (Å²) in [7, 11) is 0. The number of carbonyl (C=O) groups is 1. The Bertz CT molecular complexity index is 357. The first kappa shape index (κ1) is 10.3. The number of halogens is 3. The maximum Gasteiger partial charge on any atom is 0.280 e. The molecule has 0 saturated heterocycles. The molecule has 0 bridgehead atoms. The van der Waals surface area contributed by atoms with E-state index in [-0.39, 0.29) is 0 Å². The van der Waals surface area contributed by atoms with Gasteiger partial charge in [0.1, 0.15) is 11.3 Å². The minimum Gasteiger partial charge on any atom is -0.398 e. The molecular weight excluding hydrogens is 199 g/mol. The number of primary amides is 1. The number of nitrogen functional groups attached to an aromatic ring is 1. The second-order valence-electron chi connectivity index (χ2n) is 2.47. The van der Waals surface area contributed by atoms with Gasteiger partial charge < -0.3 is 11.5 Å². The summed E-state index contributed by atoms with van der Waals surface area (Å²) >= 11 is 0. The molecule has 1 aromatic heterocycles. The molecule has 76 valence electrons. The minimum atomic E-state index is -2.95. The molecule has 4 N–H and O–H groups in total. The van der Waals surface area contributed by atoms with Crippen LogP contribution in [-0.2, 0) is 0 Å². The zero-order valence-corrected chi connectivity index (χ0v) is 6.80. The highest BCUT2D eigenvalue weighted by atomic mass is 19.3. The predicted octanol–water partition coefficient (Wildman–Crippen LogP) is 0.839. The number of pyridine rings is 1. The maximum atomic E-state index is 12.9. The molecule has 0 aliphatic heterocycles. The van der Waals surface area contributed by atoms with E-state index in [9.17, 15) is 18.0 Å². The van der Waals surface area contributed by atoms with Gasteiger partial charge >= 0.3 is 0 Å². The van der Waals surface area contributed by atoms with Crippen LogP contribution in [0.25, 0.3) is 0 Å². The Balaban J connectivity index is 3.32. The van der Waals surface area contributed by atoms with Gasteiger partial charge in [-0.15, -0.1) is 0 Å². The molecule has 0 radical (unpaired) electrons. The normalized spacial score (nSPS) is 10.6. The number of aromatic nitrogens is 1. The van der Waals surface area contributed by atoms with Crippen LogP contribution < -0.4 is 11.5 Å². The molecule has 1 aromatic rings. The van der Waals surface area contributed by atoms with Crippen molar-refractivity contribution in [3.05, 3.63) is 23.3 Å². The number of hydrogen-bond acceptors (Lipinski definition) is 3. The average Bonchev–Trinajstić information content (AvgIpc) is 2.01. The summed E-state index contributed by atoms with van der Waals surface area (Å²) in [5.41, 5.74) is 7.96. The minimum absolute atomic E-state index is 0.444. The van der Waals surface area contributed by atoms with Crippen molar-refractivity contribution in [2.45, 2.75) is 6.43 Å². The van der Waals surface area contributed by atoms with E-state index < -0.39 is 35.2 Å². The van der Waals surface area contributed by atoms with Gasteiger partial charge in [-0.2, -0.15) is 4.39 Å². The summed E-state index contributed by atoms with van der Waals surface area (Å²) in [5.74, 6) is -2.53. The van der Waals surface area contributed by atoms with E-state index in [1.165, 1.54) is 0 Å². The van der Waals surface area contributed by atoms with Crippen molar-refractivity contribution in [2.75, 3.05) is 5.73 Å². The molecule has 14 heavy (non-hydrogen) atoms. The van der Waals surface area contributed by atoms with Crippen LogP contribution in [0.2, 0.25) is 0 Å². The number of rotatable bonds is 2. The van der Waals surface area contributed by atoms with Gasteiger partial charge in [0.05, 0.1) is 5.69 Å². The molecule has 4 nitrogen and oxygen atoms in total. The van der Waals surface area contributed by atoms with Gasteiger partial charge in [0, 0.05) is 0 Å². The molecule has 1 heterocycles. The lowest BCUT2D eigenvalue weighted by molar-refractivity contribution is 0.0995. The Hall–Kier alpha value is -1.79. The third kappa shape index (κ3) is 1.76. The number of alkyl halides is 2. The predicted molar refractivity (Wildman–Crippen MR) is 42.1 cm³/mol. The van der Waals surface area contributed by atoms with Gasteiger partial charge in [0.2, 0.25) is 5.95 Å². The monoisotopic (exact) mass is 205 g/mol. The van der Waals surface area contributed by atoms with E-state index in [1.807, 2.05) is 0 Å². The molecule has 0 fully saturated rings. The summed E-state index contributed by atoms with van der Waals surface area (Å²) in [6.07, 6.45) is -2.95. The van der Waals surface area contributed by atoms with Gasteiger partial charge in [-0.1, -0.05) is 0 Å². The molecule has 0 saturated carbocycles. The van der Waals surface area contributed by atoms with Gasteiger partial charge in [-0.05, 0) is 6.07 Å².